The van der Waals surface area contributed by atoms with Crippen molar-refractivity contribution < 1.29 is 8.83 Å². The van der Waals surface area contributed by atoms with Crippen molar-refractivity contribution in [2.45, 2.75) is 12.6 Å². The van der Waals surface area contributed by atoms with Gasteiger partial charge in [0.25, 0.3) is 5.89 Å². The highest BCUT2D eigenvalue weighted by atomic mass is 16.4. The Balaban J connectivity index is 1.60. The van der Waals surface area contributed by atoms with E-state index in [1.165, 1.54) is 0 Å². The zero-order valence-corrected chi connectivity index (χ0v) is 14.3. The third-order valence-electron chi connectivity index (χ3n) is 4.11. The van der Waals surface area contributed by atoms with Gasteiger partial charge in [0.15, 0.2) is 5.76 Å². The summed E-state index contributed by atoms with van der Waals surface area (Å²) in [6.45, 7) is 0.490. The van der Waals surface area contributed by atoms with E-state index >= 15 is 0 Å². The lowest BCUT2D eigenvalue weighted by Crippen LogP contribution is -2.26. The van der Waals surface area contributed by atoms with E-state index in [1.54, 1.807) is 24.6 Å². The van der Waals surface area contributed by atoms with Gasteiger partial charge < -0.3 is 8.83 Å². The van der Waals surface area contributed by atoms with E-state index in [4.69, 9.17) is 8.83 Å². The van der Waals surface area contributed by atoms with Crippen LogP contribution in [0.2, 0.25) is 0 Å². The van der Waals surface area contributed by atoms with E-state index in [-0.39, 0.29) is 6.04 Å². The molecule has 0 aliphatic heterocycles. The molecular formula is C20H18N4O2. The number of nitrogens with zero attached hydrogens (tertiary/aromatic N) is 4. The zero-order chi connectivity index (χ0) is 17.8. The van der Waals surface area contributed by atoms with Crippen molar-refractivity contribution in [1.29, 1.82) is 0 Å². The molecule has 0 saturated carbocycles. The van der Waals surface area contributed by atoms with Crippen molar-refractivity contribution in [1.82, 2.24) is 20.1 Å². The third kappa shape index (κ3) is 3.41. The summed E-state index contributed by atoms with van der Waals surface area (Å²) in [6, 6.07) is 19.8. The van der Waals surface area contributed by atoms with Crippen molar-refractivity contribution in [2.75, 3.05) is 7.05 Å². The van der Waals surface area contributed by atoms with E-state index in [9.17, 15) is 0 Å². The van der Waals surface area contributed by atoms with Gasteiger partial charge in [-0.2, -0.15) is 0 Å². The predicted molar refractivity (Wildman–Crippen MR) is 96.0 cm³/mol. The standard InChI is InChI=1S/C20H18N4O2/c1-24(14-18-22-23-20(26-18)17-11-7-13-25-17)19(15-8-3-2-4-9-15)16-10-5-6-12-21-16/h2-13,19H,14H2,1H3/t19-/m0/s1. The topological polar surface area (TPSA) is 68.2 Å². The molecule has 4 rings (SSSR count). The van der Waals surface area contributed by atoms with E-state index in [0.29, 0.717) is 24.1 Å². The summed E-state index contributed by atoms with van der Waals surface area (Å²) >= 11 is 0. The fourth-order valence-corrected chi connectivity index (χ4v) is 2.95. The van der Waals surface area contributed by atoms with Crippen LogP contribution >= 0.6 is 0 Å². The van der Waals surface area contributed by atoms with Crippen LogP contribution in [0, 0.1) is 0 Å². The molecule has 6 nitrogen and oxygen atoms in total. The highest BCUT2D eigenvalue weighted by Crippen LogP contribution is 2.27. The van der Waals surface area contributed by atoms with Crippen molar-refractivity contribution in [3.05, 3.63) is 90.3 Å². The third-order valence-corrected chi connectivity index (χ3v) is 4.11. The molecule has 0 saturated heterocycles. The minimum atomic E-state index is -0.0173. The molecule has 0 radical (unpaired) electrons. The van der Waals surface area contributed by atoms with Crippen LogP contribution in [0.1, 0.15) is 23.2 Å². The van der Waals surface area contributed by atoms with Crippen LogP contribution in [0.25, 0.3) is 11.7 Å². The molecule has 0 N–H and O–H groups in total. The smallest absolute Gasteiger partial charge is 0.283 e. The average molecular weight is 346 g/mol. The molecule has 3 heterocycles. The largest absolute Gasteiger partial charge is 0.459 e. The quantitative estimate of drug-likeness (QED) is 0.527. The lowest BCUT2D eigenvalue weighted by Gasteiger charge is -2.26. The first-order valence-corrected chi connectivity index (χ1v) is 8.33. The molecule has 1 atom stereocenters. The average Bonchev–Trinajstić information content (AvgIpc) is 3.35. The van der Waals surface area contributed by atoms with Gasteiger partial charge in [-0.15, -0.1) is 10.2 Å². The van der Waals surface area contributed by atoms with Crippen molar-refractivity contribution in [3.63, 3.8) is 0 Å². The second kappa shape index (κ2) is 7.33. The van der Waals surface area contributed by atoms with Crippen molar-refractivity contribution >= 4 is 0 Å². The van der Waals surface area contributed by atoms with Crippen LogP contribution < -0.4 is 0 Å². The highest BCUT2D eigenvalue weighted by molar-refractivity contribution is 5.42. The molecule has 0 bridgehead atoms. The van der Waals surface area contributed by atoms with Crippen LogP contribution in [0.4, 0.5) is 0 Å². The van der Waals surface area contributed by atoms with E-state index < -0.39 is 0 Å². The second-order valence-corrected chi connectivity index (χ2v) is 5.96. The highest BCUT2D eigenvalue weighted by Gasteiger charge is 2.22. The molecule has 130 valence electrons. The first-order chi connectivity index (χ1) is 12.8. The molecule has 3 aromatic heterocycles. The summed E-state index contributed by atoms with van der Waals surface area (Å²) in [7, 11) is 2.02. The van der Waals surface area contributed by atoms with Gasteiger partial charge in [-0.1, -0.05) is 36.4 Å². The van der Waals surface area contributed by atoms with Gasteiger partial charge in [0.1, 0.15) is 0 Å². The molecule has 0 unspecified atom stereocenters. The fourth-order valence-electron chi connectivity index (χ4n) is 2.95. The van der Waals surface area contributed by atoms with Gasteiger partial charge in [0.05, 0.1) is 24.5 Å². The number of benzene rings is 1. The van der Waals surface area contributed by atoms with Gasteiger partial charge in [-0.25, -0.2) is 0 Å². The molecular weight excluding hydrogens is 328 g/mol. The normalized spacial score (nSPS) is 12.4. The minimum absolute atomic E-state index is 0.0173. The predicted octanol–water partition coefficient (Wildman–Crippen LogP) is 3.95. The number of furan rings is 1. The second-order valence-electron chi connectivity index (χ2n) is 5.96. The SMILES string of the molecule is CN(Cc1nnc(-c2ccco2)o1)[C@@H](c1ccccc1)c1ccccn1. The van der Waals surface area contributed by atoms with Gasteiger partial charge in [-0.3, -0.25) is 9.88 Å². The van der Waals surface area contributed by atoms with Crippen LogP contribution in [0.5, 0.6) is 0 Å². The summed E-state index contributed by atoms with van der Waals surface area (Å²) in [4.78, 5) is 6.68. The number of rotatable bonds is 6. The maximum Gasteiger partial charge on any atom is 0.283 e. The van der Waals surface area contributed by atoms with Crippen LogP contribution in [0.15, 0.2) is 82.0 Å². The van der Waals surface area contributed by atoms with Crippen molar-refractivity contribution in [2.24, 2.45) is 0 Å². The van der Waals surface area contributed by atoms with E-state index in [2.05, 4.69) is 32.2 Å². The Morgan fingerprint density at radius 2 is 1.81 bits per heavy atom. The number of hydrogen-bond donors (Lipinski definition) is 0. The summed E-state index contributed by atoms with van der Waals surface area (Å²) in [5.41, 5.74) is 2.12. The lowest BCUT2D eigenvalue weighted by molar-refractivity contribution is 0.239. The van der Waals surface area contributed by atoms with Gasteiger partial charge >= 0.3 is 0 Å². The van der Waals surface area contributed by atoms with Crippen LogP contribution in [-0.2, 0) is 6.54 Å². The Kier molecular flexibility index (Phi) is 4.57. The molecule has 0 fully saturated rings. The van der Waals surface area contributed by atoms with E-state index in [1.807, 2.05) is 43.4 Å². The Bertz CT molecular complexity index is 897. The Labute approximate surface area is 151 Å². The van der Waals surface area contributed by atoms with Crippen LogP contribution in [-0.4, -0.2) is 27.1 Å². The first kappa shape index (κ1) is 16.2. The molecule has 1 aromatic carbocycles. The van der Waals surface area contributed by atoms with Gasteiger partial charge in [0, 0.05) is 6.20 Å². The molecule has 0 spiro atoms. The van der Waals surface area contributed by atoms with Crippen LogP contribution in [0.3, 0.4) is 0 Å². The molecule has 4 aromatic rings. The van der Waals surface area contributed by atoms with E-state index in [0.717, 1.165) is 11.3 Å². The van der Waals surface area contributed by atoms with Crippen molar-refractivity contribution in [3.8, 4) is 11.7 Å². The molecule has 26 heavy (non-hydrogen) atoms. The monoisotopic (exact) mass is 346 g/mol. The molecule has 0 aliphatic rings. The lowest BCUT2D eigenvalue weighted by atomic mass is 10.0. The summed E-state index contributed by atoms with van der Waals surface area (Å²) in [6.07, 6.45) is 3.39. The summed E-state index contributed by atoms with van der Waals surface area (Å²) in [5, 5.41) is 8.21. The zero-order valence-electron chi connectivity index (χ0n) is 14.3. The Morgan fingerprint density at radius 3 is 2.54 bits per heavy atom. The summed E-state index contributed by atoms with van der Waals surface area (Å²) < 4.78 is 11.0. The fraction of sp³-hybridized carbons (Fsp3) is 0.150. The molecule has 0 amide bonds. The van der Waals surface area contributed by atoms with Gasteiger partial charge in [-0.05, 0) is 36.9 Å². The Morgan fingerprint density at radius 1 is 0.962 bits per heavy atom. The Hall–Kier alpha value is -3.25. The van der Waals surface area contributed by atoms with Gasteiger partial charge in [0.2, 0.25) is 5.89 Å². The minimum Gasteiger partial charge on any atom is -0.459 e. The first-order valence-electron chi connectivity index (χ1n) is 8.33. The maximum atomic E-state index is 5.74. The number of aromatic nitrogens is 3. The molecule has 6 heteroatoms. The number of hydrogen-bond acceptors (Lipinski definition) is 6. The molecule has 0 aliphatic carbocycles. The maximum absolute atomic E-state index is 5.74. The summed E-state index contributed by atoms with van der Waals surface area (Å²) in [5.74, 6) is 1.47. The number of pyridine rings is 1.